The van der Waals surface area contributed by atoms with Gasteiger partial charge in [-0.25, -0.2) is 9.69 Å². The number of carbonyl (C=O) groups excluding carboxylic acids is 2. The largest absolute Gasteiger partial charge is 0.443 e. The van der Waals surface area contributed by atoms with Gasteiger partial charge in [0.25, 0.3) is 0 Å². The normalized spacial score (nSPS) is 28.5. The van der Waals surface area contributed by atoms with Gasteiger partial charge in [0.05, 0.1) is 12.6 Å². The van der Waals surface area contributed by atoms with Gasteiger partial charge in [-0.15, -0.1) is 0 Å². The number of carbonyl (C=O) groups is 2. The second-order valence-corrected chi connectivity index (χ2v) is 13.0. The number of imide groups is 1. The Morgan fingerprint density at radius 1 is 1.32 bits per heavy atom. The van der Waals surface area contributed by atoms with Crippen LogP contribution < -0.4 is 0 Å². The fourth-order valence-electron chi connectivity index (χ4n) is 1.70. The second kappa shape index (κ2) is 6.32. The van der Waals surface area contributed by atoms with Crippen molar-refractivity contribution in [2.45, 2.75) is 84.1 Å². The van der Waals surface area contributed by atoms with Gasteiger partial charge >= 0.3 is 6.09 Å². The summed E-state index contributed by atoms with van der Waals surface area (Å²) in [6, 6.07) is -0.788. The molecule has 1 aliphatic rings. The number of hydrogen-bond donors (Lipinski definition) is 0. The lowest BCUT2D eigenvalue weighted by Crippen LogP contribution is -2.48. The maximum atomic E-state index is 12.4. The van der Waals surface area contributed by atoms with E-state index in [0.29, 0.717) is 0 Å². The third-order valence-corrected chi connectivity index (χ3v) is 8.54. The monoisotopic (exact) mass is 331 g/mol. The molecule has 0 aliphatic carbocycles. The predicted octanol–water partition coefficient (Wildman–Crippen LogP) is 3.93. The lowest BCUT2D eigenvalue weighted by atomic mass is 10.2. The molecule has 0 aromatic rings. The predicted molar refractivity (Wildman–Crippen MR) is 89.3 cm³/mol. The zero-order valence-corrected chi connectivity index (χ0v) is 16.0. The van der Waals surface area contributed by atoms with Crippen LogP contribution in [0.3, 0.4) is 0 Å². The summed E-state index contributed by atoms with van der Waals surface area (Å²) in [5, 5.41) is -0.0236. The second-order valence-electron chi connectivity index (χ2n) is 8.19. The van der Waals surface area contributed by atoms with Gasteiger partial charge in [0.1, 0.15) is 5.60 Å². The molecule has 5 nitrogen and oxygen atoms in total. The summed E-state index contributed by atoms with van der Waals surface area (Å²) in [5.41, 5.74) is -0.750. The van der Waals surface area contributed by atoms with Crippen molar-refractivity contribution in [3.8, 4) is 0 Å². The molecule has 128 valence electrons. The highest BCUT2D eigenvalue weighted by molar-refractivity contribution is 6.74. The van der Waals surface area contributed by atoms with Crippen LogP contribution in [-0.4, -0.2) is 43.5 Å². The van der Waals surface area contributed by atoms with E-state index in [1.807, 2.05) is 0 Å². The Bertz CT molecular complexity index is 499. The molecule has 2 amide bonds. The highest BCUT2D eigenvalue weighted by Crippen LogP contribution is 2.37. The van der Waals surface area contributed by atoms with Gasteiger partial charge in [0.15, 0.2) is 8.32 Å². The van der Waals surface area contributed by atoms with E-state index in [1.165, 1.54) is 0 Å². The first-order valence-electron chi connectivity index (χ1n) is 8.78. The van der Waals surface area contributed by atoms with Gasteiger partial charge in [-0.05, 0) is 45.3 Å². The average molecular weight is 332 g/mol. The van der Waals surface area contributed by atoms with Crippen molar-refractivity contribution >= 4 is 20.3 Å². The molecule has 1 saturated heterocycles. The van der Waals surface area contributed by atoms with Crippen LogP contribution in [0.2, 0.25) is 18.1 Å². The lowest BCUT2D eigenvalue weighted by Gasteiger charge is -2.37. The molecule has 0 aromatic carbocycles. The molecule has 6 heteroatoms. The van der Waals surface area contributed by atoms with E-state index in [-0.39, 0.29) is 11.6 Å². The van der Waals surface area contributed by atoms with Gasteiger partial charge in [0, 0.05) is 9.14 Å². The van der Waals surface area contributed by atoms with Crippen LogP contribution in [0.5, 0.6) is 0 Å². The molecule has 0 spiro atoms. The Hall–Kier alpha value is -0.883. The van der Waals surface area contributed by atoms with Crippen LogP contribution in [0.25, 0.3) is 0 Å². The van der Waals surface area contributed by atoms with Gasteiger partial charge in [-0.2, -0.15) is 0 Å². The van der Waals surface area contributed by atoms with Gasteiger partial charge in [-0.3, -0.25) is 4.79 Å². The van der Waals surface area contributed by atoms with E-state index in [2.05, 4.69) is 33.9 Å². The molecule has 0 aromatic heterocycles. The van der Waals surface area contributed by atoms with Crippen molar-refractivity contribution in [3.63, 3.8) is 0 Å². The van der Waals surface area contributed by atoms with Crippen molar-refractivity contribution in [2.24, 2.45) is 0 Å². The third kappa shape index (κ3) is 4.81. The maximum Gasteiger partial charge on any atom is 0.417 e. The number of nitrogens with zero attached hydrogens (tertiary/aromatic N) is 1. The highest BCUT2D eigenvalue weighted by Gasteiger charge is 2.42. The van der Waals surface area contributed by atoms with E-state index in [9.17, 15) is 9.59 Å². The van der Waals surface area contributed by atoms with E-state index < -0.39 is 44.8 Å². The van der Waals surface area contributed by atoms with E-state index >= 15 is 0 Å². The first-order chi connectivity index (χ1) is 10.6. The minimum absolute atomic E-state index is 0.0236. The average Bonchev–Trinajstić information content (AvgIpc) is 2.57. The first kappa shape index (κ1) is 16.0. The van der Waals surface area contributed by atoms with Crippen molar-refractivity contribution < 1.29 is 21.5 Å². The van der Waals surface area contributed by atoms with Crippen molar-refractivity contribution in [3.05, 3.63) is 0 Å². The molecular weight excluding hydrogens is 298 g/mol. The fraction of sp³-hybridized carbons (Fsp3) is 0.875. The molecule has 1 heterocycles. The Morgan fingerprint density at radius 2 is 1.86 bits per heavy atom. The summed E-state index contributed by atoms with van der Waals surface area (Å²) < 4.78 is 27.3. The van der Waals surface area contributed by atoms with Crippen LogP contribution in [-0.2, 0) is 14.0 Å². The van der Waals surface area contributed by atoms with Gasteiger partial charge in [0.2, 0.25) is 5.91 Å². The van der Waals surface area contributed by atoms with Gasteiger partial charge in [-0.1, -0.05) is 20.8 Å². The molecule has 0 bridgehead atoms. The molecule has 1 fully saturated rings. The molecule has 1 rings (SSSR count). The molecule has 22 heavy (non-hydrogen) atoms. The Morgan fingerprint density at radius 3 is 2.32 bits per heavy atom. The number of rotatable bonds is 3. The van der Waals surface area contributed by atoms with Crippen molar-refractivity contribution in [1.82, 2.24) is 4.90 Å². The fourth-order valence-corrected chi connectivity index (χ4v) is 2.72. The van der Waals surface area contributed by atoms with Crippen LogP contribution in [0.15, 0.2) is 0 Å². The molecule has 2 unspecified atom stereocenters. The number of amides is 2. The molecule has 0 saturated carbocycles. The molecule has 3 atom stereocenters. The van der Waals surface area contributed by atoms with Crippen molar-refractivity contribution in [1.29, 1.82) is 0 Å². The zero-order valence-electron chi connectivity index (χ0n) is 17.0. The first-order valence-corrected chi connectivity index (χ1v) is 10.5. The standard InChI is InChI=1S/C16H31NO4Si/c1-15(2,3)21-14(19)17-12(9-10-13(17)18)11-20-22(7,8)16(4,5)6/h12H,9-11H2,1-8H3/t12-/m0/s1/i9D,10D/t9?,10?,12-. The Balaban J connectivity index is 2.96. The molecular formula is C16H31NO4Si. The smallest absolute Gasteiger partial charge is 0.417 e. The summed E-state index contributed by atoms with van der Waals surface area (Å²) in [6.07, 6.45) is -3.12. The minimum Gasteiger partial charge on any atom is -0.443 e. The zero-order chi connectivity index (χ0) is 19.1. The number of ether oxygens (including phenoxy) is 1. The quantitative estimate of drug-likeness (QED) is 0.735. The Kier molecular flexibility index (Phi) is 4.59. The topological polar surface area (TPSA) is 55.8 Å². The summed E-state index contributed by atoms with van der Waals surface area (Å²) in [4.78, 5) is 25.5. The lowest BCUT2D eigenvalue weighted by molar-refractivity contribution is -0.128. The van der Waals surface area contributed by atoms with Crippen molar-refractivity contribution in [2.75, 3.05) is 6.61 Å². The third-order valence-electron chi connectivity index (χ3n) is 4.04. The molecule has 0 radical (unpaired) electrons. The number of hydrogen-bond acceptors (Lipinski definition) is 4. The van der Waals surface area contributed by atoms with Gasteiger partial charge < -0.3 is 9.16 Å². The highest BCUT2D eigenvalue weighted by atomic mass is 28.4. The van der Waals surface area contributed by atoms with Crippen LogP contribution >= 0.6 is 0 Å². The maximum absolute atomic E-state index is 12.4. The summed E-state index contributed by atoms with van der Waals surface area (Å²) in [6.45, 7) is 15.6. The summed E-state index contributed by atoms with van der Waals surface area (Å²) in [5.74, 6) is -0.687. The summed E-state index contributed by atoms with van der Waals surface area (Å²) in [7, 11) is -2.09. The van der Waals surface area contributed by atoms with E-state index in [4.69, 9.17) is 11.9 Å². The van der Waals surface area contributed by atoms with E-state index in [0.717, 1.165) is 4.90 Å². The Labute approximate surface area is 138 Å². The molecule has 1 aliphatic heterocycles. The minimum atomic E-state index is -2.09. The number of likely N-dealkylation sites (tertiary alicyclic amines) is 1. The van der Waals surface area contributed by atoms with Crippen LogP contribution in [0.4, 0.5) is 4.79 Å². The van der Waals surface area contributed by atoms with Crippen LogP contribution in [0.1, 0.15) is 57.1 Å². The SMILES string of the molecule is [2H]C1C(=O)N(C(=O)OC(C)(C)C)[C@H](CO[Si](C)(C)C(C)(C)C)C1[2H]. The van der Waals surface area contributed by atoms with E-state index in [1.54, 1.807) is 20.8 Å². The van der Waals surface area contributed by atoms with Crippen LogP contribution in [0, 0.1) is 0 Å². The summed E-state index contributed by atoms with van der Waals surface area (Å²) >= 11 is 0. The molecule has 0 N–H and O–H groups in total.